The van der Waals surface area contributed by atoms with Crippen LogP contribution in [-0.4, -0.2) is 51.8 Å². The molecule has 3 aliphatic rings. The van der Waals surface area contributed by atoms with Gasteiger partial charge in [0, 0.05) is 46.1 Å². The Bertz CT molecular complexity index is 1810. The fourth-order valence-electron chi connectivity index (χ4n) is 7.24. The lowest BCUT2D eigenvalue weighted by molar-refractivity contribution is -0.116. The SMILES string of the molecule is CC1(C)CC(OC(=O)Nc2cc(CCCC(=O)Nc3ccc4cc(C=O)ccc4c3)ccc2-c2ccccc2)C2C3OC3C1N2I. The normalized spacial score (nSPS) is 24.2. The minimum absolute atomic E-state index is 0.0323. The Balaban J connectivity index is 1.01. The molecule has 0 saturated carbocycles. The van der Waals surface area contributed by atoms with E-state index in [2.05, 4.69) is 56.5 Å². The molecule has 2 amide bonds. The minimum atomic E-state index is -0.473. The molecule has 7 rings (SSSR count). The molecule has 3 aliphatic heterocycles. The predicted octanol–water partition coefficient (Wildman–Crippen LogP) is 7.80. The van der Waals surface area contributed by atoms with E-state index in [1.165, 1.54) is 0 Å². The van der Waals surface area contributed by atoms with E-state index in [1.807, 2.05) is 72.8 Å². The zero-order chi connectivity index (χ0) is 32.0. The highest BCUT2D eigenvalue weighted by Crippen LogP contribution is 2.57. The molecule has 4 aromatic carbocycles. The summed E-state index contributed by atoms with van der Waals surface area (Å²) in [6, 6.07) is 27.5. The van der Waals surface area contributed by atoms with Gasteiger partial charge in [-0.3, -0.25) is 14.9 Å². The average Bonchev–Trinajstić information content (AvgIpc) is 3.74. The van der Waals surface area contributed by atoms with Crippen LogP contribution in [0.5, 0.6) is 0 Å². The molecule has 3 heterocycles. The lowest BCUT2D eigenvalue weighted by Gasteiger charge is -2.46. The predicted molar refractivity (Wildman–Crippen MR) is 187 cm³/mol. The summed E-state index contributed by atoms with van der Waals surface area (Å²) in [7, 11) is 0. The van der Waals surface area contributed by atoms with E-state index < -0.39 is 6.09 Å². The van der Waals surface area contributed by atoms with Gasteiger partial charge < -0.3 is 14.8 Å². The first-order chi connectivity index (χ1) is 22.2. The first kappa shape index (κ1) is 30.8. The number of amides is 2. The molecule has 2 bridgehead atoms. The van der Waals surface area contributed by atoms with Crippen LogP contribution < -0.4 is 10.6 Å². The van der Waals surface area contributed by atoms with Gasteiger partial charge in [0.2, 0.25) is 5.91 Å². The number of rotatable bonds is 9. The molecule has 0 aliphatic carbocycles. The fraction of sp³-hybridized carbons (Fsp3) is 0.324. The van der Waals surface area contributed by atoms with Crippen molar-refractivity contribution in [2.75, 3.05) is 10.6 Å². The molecular weight excluding hydrogens is 693 g/mol. The lowest BCUT2D eigenvalue weighted by Crippen LogP contribution is -2.56. The summed E-state index contributed by atoms with van der Waals surface area (Å²) >= 11 is 2.38. The van der Waals surface area contributed by atoms with E-state index in [0.29, 0.717) is 36.6 Å². The Morgan fingerprint density at radius 1 is 0.978 bits per heavy atom. The first-order valence-corrected chi connectivity index (χ1v) is 16.7. The number of benzene rings is 4. The Kier molecular flexibility index (Phi) is 8.33. The number of hydrogen-bond acceptors (Lipinski definition) is 6. The molecule has 5 unspecified atom stereocenters. The topological polar surface area (TPSA) is 100 Å². The van der Waals surface area contributed by atoms with Gasteiger partial charge in [-0.05, 0) is 70.8 Å². The second kappa shape index (κ2) is 12.4. The molecule has 8 nitrogen and oxygen atoms in total. The number of carbonyl (C=O) groups excluding carboxylic acids is 3. The largest absolute Gasteiger partial charge is 0.444 e. The number of aldehydes is 1. The van der Waals surface area contributed by atoms with E-state index in [4.69, 9.17) is 9.47 Å². The number of halogens is 1. The van der Waals surface area contributed by atoms with Crippen LogP contribution in [-0.2, 0) is 20.7 Å². The van der Waals surface area contributed by atoms with Gasteiger partial charge in [0.1, 0.15) is 24.6 Å². The van der Waals surface area contributed by atoms with Crippen LogP contribution in [0.1, 0.15) is 49.0 Å². The van der Waals surface area contributed by atoms with Crippen LogP contribution in [0.25, 0.3) is 21.9 Å². The van der Waals surface area contributed by atoms with Crippen molar-refractivity contribution >= 4 is 63.3 Å². The third-order valence-electron chi connectivity index (χ3n) is 9.49. The number of morpholine rings is 1. The highest BCUT2D eigenvalue weighted by Gasteiger charge is 2.70. The monoisotopic (exact) mass is 729 g/mol. The molecule has 0 radical (unpaired) electrons. The second-order valence-electron chi connectivity index (χ2n) is 13.2. The Labute approximate surface area is 282 Å². The molecule has 4 aromatic rings. The van der Waals surface area contributed by atoms with Gasteiger partial charge in [-0.1, -0.05) is 74.5 Å². The van der Waals surface area contributed by atoms with Gasteiger partial charge in [-0.15, -0.1) is 0 Å². The summed E-state index contributed by atoms with van der Waals surface area (Å²) in [6.07, 6.45) is 2.89. The summed E-state index contributed by atoms with van der Waals surface area (Å²) in [5.41, 5.74) is 4.90. The molecule has 9 heteroatoms. The van der Waals surface area contributed by atoms with E-state index in [9.17, 15) is 14.4 Å². The number of nitrogens with one attached hydrogen (secondary N) is 2. The number of hydrogen-bond donors (Lipinski definition) is 2. The van der Waals surface area contributed by atoms with E-state index in [0.717, 1.165) is 45.9 Å². The van der Waals surface area contributed by atoms with Gasteiger partial charge in [0.15, 0.2) is 0 Å². The van der Waals surface area contributed by atoms with Gasteiger partial charge in [-0.2, -0.15) is 0 Å². The molecule has 2 N–H and O–H groups in total. The van der Waals surface area contributed by atoms with Gasteiger partial charge in [-0.25, -0.2) is 7.91 Å². The number of fused-ring (bicyclic) bond motifs is 6. The van der Waals surface area contributed by atoms with Crippen LogP contribution in [0.2, 0.25) is 0 Å². The smallest absolute Gasteiger partial charge is 0.411 e. The van der Waals surface area contributed by atoms with Crippen LogP contribution in [0.3, 0.4) is 0 Å². The van der Waals surface area contributed by atoms with Crippen molar-refractivity contribution in [1.29, 1.82) is 0 Å². The summed E-state index contributed by atoms with van der Waals surface area (Å²) in [4.78, 5) is 37.3. The zero-order valence-electron chi connectivity index (χ0n) is 25.7. The number of aryl methyl sites for hydroxylation is 1. The van der Waals surface area contributed by atoms with Crippen molar-refractivity contribution in [3.05, 3.63) is 96.1 Å². The maximum atomic E-state index is 13.4. The average molecular weight is 730 g/mol. The summed E-state index contributed by atoms with van der Waals surface area (Å²) < 4.78 is 14.4. The highest BCUT2D eigenvalue weighted by atomic mass is 127. The third-order valence-corrected chi connectivity index (χ3v) is 10.7. The molecule has 0 spiro atoms. The Morgan fingerprint density at radius 3 is 2.57 bits per heavy atom. The van der Waals surface area contributed by atoms with Crippen molar-refractivity contribution in [1.82, 2.24) is 3.11 Å². The number of ether oxygens (including phenoxy) is 2. The molecule has 3 saturated heterocycles. The standard InChI is InChI=1S/C37H36IN3O5/c1-37(2)20-30(32-33-34(46-33)35(37)41(32)38)45-36(44)40-29-18-22(12-16-28(29)24-8-4-3-5-9-24)7-6-10-31(43)39-27-15-14-25-17-23(21-42)11-13-26(25)19-27/h3-5,8-9,11-19,21,30,32-35H,6-7,10,20H2,1-2H3,(H,39,43)(H,40,44). The third kappa shape index (κ3) is 6.15. The quantitative estimate of drug-likeness (QED) is 0.0790. The summed E-state index contributed by atoms with van der Waals surface area (Å²) in [6.45, 7) is 4.45. The molecule has 5 atom stereocenters. The van der Waals surface area contributed by atoms with Crippen molar-refractivity contribution in [2.45, 2.75) is 69.9 Å². The van der Waals surface area contributed by atoms with Crippen molar-refractivity contribution in [3.63, 3.8) is 0 Å². The van der Waals surface area contributed by atoms with Gasteiger partial charge in [0.05, 0.1) is 17.8 Å². The summed E-state index contributed by atoms with van der Waals surface area (Å²) in [5.74, 6) is -0.0672. The molecular formula is C37H36IN3O5. The van der Waals surface area contributed by atoms with Crippen LogP contribution in [0.4, 0.5) is 16.2 Å². The number of anilines is 2. The van der Waals surface area contributed by atoms with E-state index in [-0.39, 0.29) is 35.7 Å². The first-order valence-electron chi connectivity index (χ1n) is 15.7. The van der Waals surface area contributed by atoms with Crippen molar-refractivity contribution < 1.29 is 23.9 Å². The van der Waals surface area contributed by atoms with E-state index >= 15 is 0 Å². The van der Waals surface area contributed by atoms with Gasteiger partial charge in [0.25, 0.3) is 0 Å². The number of nitrogens with zero attached hydrogens (tertiary/aromatic N) is 1. The van der Waals surface area contributed by atoms with E-state index in [1.54, 1.807) is 6.07 Å². The molecule has 46 heavy (non-hydrogen) atoms. The zero-order valence-corrected chi connectivity index (χ0v) is 27.9. The molecule has 0 aromatic heterocycles. The minimum Gasteiger partial charge on any atom is -0.444 e. The van der Waals surface area contributed by atoms with Crippen LogP contribution in [0, 0.1) is 5.41 Å². The van der Waals surface area contributed by atoms with Gasteiger partial charge >= 0.3 is 6.09 Å². The van der Waals surface area contributed by atoms with Crippen molar-refractivity contribution in [2.24, 2.45) is 5.41 Å². The number of epoxide rings is 1. The lowest BCUT2D eigenvalue weighted by atomic mass is 9.77. The second-order valence-corrected chi connectivity index (χ2v) is 14.3. The summed E-state index contributed by atoms with van der Waals surface area (Å²) in [5, 5.41) is 7.95. The number of carbonyl (C=O) groups is 3. The fourth-order valence-corrected chi connectivity index (χ4v) is 8.99. The Morgan fingerprint density at radius 2 is 1.76 bits per heavy atom. The molecule has 3 fully saturated rings. The maximum absolute atomic E-state index is 13.4. The van der Waals surface area contributed by atoms with Crippen molar-refractivity contribution in [3.8, 4) is 11.1 Å². The van der Waals surface area contributed by atoms with Crippen LogP contribution >= 0.6 is 22.9 Å². The van der Waals surface area contributed by atoms with Crippen LogP contribution in [0.15, 0.2) is 84.9 Å². The Hall–Kier alpha value is -3.80. The molecule has 236 valence electrons. The number of piperidine rings is 1. The highest BCUT2D eigenvalue weighted by molar-refractivity contribution is 14.1. The maximum Gasteiger partial charge on any atom is 0.411 e.